The molecule has 1 radical (unpaired) electrons. The molecule has 0 aromatic heterocycles. The summed E-state index contributed by atoms with van der Waals surface area (Å²) < 4.78 is 0. The normalized spacial score (nSPS) is 10.9. The Bertz CT molecular complexity index is 732. The molecule has 201 valence electrons. The zero-order chi connectivity index (χ0) is 23.8. The Hall–Kier alpha value is -0.758. The van der Waals surface area contributed by atoms with Crippen LogP contribution in [0, 0.1) is 0 Å². The van der Waals surface area contributed by atoms with Gasteiger partial charge in [0.2, 0.25) is 0 Å². The van der Waals surface area contributed by atoms with Crippen LogP contribution in [-0.2, 0) is 20.4 Å². The number of anilines is 2. The molecular formula is C29H47Cl2N3Re-2. The predicted octanol–water partition coefficient (Wildman–Crippen LogP) is 1.64. The van der Waals surface area contributed by atoms with Crippen molar-refractivity contribution in [3.8, 4) is 0 Å². The van der Waals surface area contributed by atoms with Crippen LogP contribution in [0.15, 0.2) is 36.4 Å². The fraction of sp³-hybridized carbons (Fsp3) is 0.586. The molecule has 2 N–H and O–H groups in total. The standard InChI is InChI=1S/C29H47N3.2ClH.Re/c1-20(2)24-12-10-13-25(21(3)4)28(24)30-16-18-32(9)19-17-31-29-26(22(5)6)14-11-15-27(29)23(7)8;;;/h10-15,20-23,30-31H,16-19H2,1-9H3;2*1H;/p-2. The van der Waals surface area contributed by atoms with Crippen LogP contribution in [0.3, 0.4) is 0 Å². The van der Waals surface area contributed by atoms with Crippen LogP contribution in [-0.4, -0.2) is 38.1 Å². The van der Waals surface area contributed by atoms with Crippen molar-refractivity contribution in [3.05, 3.63) is 58.7 Å². The summed E-state index contributed by atoms with van der Waals surface area (Å²) in [5.41, 5.74) is 8.38. The summed E-state index contributed by atoms with van der Waals surface area (Å²) in [5.74, 6) is 2.09. The monoisotopic (exact) mass is 694 g/mol. The van der Waals surface area contributed by atoms with E-state index < -0.39 is 0 Å². The van der Waals surface area contributed by atoms with Crippen molar-refractivity contribution in [2.45, 2.75) is 79.1 Å². The molecule has 0 amide bonds. The molecule has 0 aliphatic heterocycles. The van der Waals surface area contributed by atoms with Crippen LogP contribution in [0.2, 0.25) is 0 Å². The third-order valence-corrected chi connectivity index (χ3v) is 6.34. The maximum atomic E-state index is 3.77. The second kappa shape index (κ2) is 17.7. The van der Waals surface area contributed by atoms with Crippen LogP contribution in [0.25, 0.3) is 0 Å². The van der Waals surface area contributed by atoms with Crippen molar-refractivity contribution in [2.24, 2.45) is 0 Å². The SMILES string of the molecule is CC(C)c1cccc(C(C)C)c1NCCN(C)CCNc1c(C(C)C)cccc1C(C)C.[Cl-].[Cl-].[Re]. The van der Waals surface area contributed by atoms with E-state index in [0.717, 1.165) is 26.2 Å². The largest absolute Gasteiger partial charge is 1.00 e. The summed E-state index contributed by atoms with van der Waals surface area (Å²) in [4.78, 5) is 2.42. The van der Waals surface area contributed by atoms with Gasteiger partial charge in [-0.1, -0.05) is 91.8 Å². The number of para-hydroxylation sites is 2. The average molecular weight is 695 g/mol. The second-order valence-corrected chi connectivity index (χ2v) is 10.4. The van der Waals surface area contributed by atoms with E-state index in [0.29, 0.717) is 23.7 Å². The van der Waals surface area contributed by atoms with Crippen molar-refractivity contribution < 1.29 is 45.2 Å². The van der Waals surface area contributed by atoms with Crippen LogP contribution in [0.1, 0.15) is 101 Å². The first kappa shape index (κ1) is 36.4. The number of nitrogens with one attached hydrogen (secondary N) is 2. The quantitative estimate of drug-likeness (QED) is 0.354. The van der Waals surface area contributed by atoms with E-state index in [1.54, 1.807) is 0 Å². The first-order valence-corrected chi connectivity index (χ1v) is 12.5. The zero-order valence-electron chi connectivity index (χ0n) is 23.2. The molecule has 2 aromatic carbocycles. The molecule has 0 saturated heterocycles. The number of halogens is 2. The molecule has 0 fully saturated rings. The molecule has 2 rings (SSSR count). The first-order chi connectivity index (χ1) is 15.1. The number of likely N-dealkylation sites (N-methyl/N-ethyl adjacent to an activating group) is 1. The van der Waals surface area contributed by atoms with Gasteiger partial charge >= 0.3 is 0 Å². The predicted molar refractivity (Wildman–Crippen MR) is 144 cm³/mol. The molecule has 0 unspecified atom stereocenters. The van der Waals surface area contributed by atoms with Gasteiger partial charge < -0.3 is 40.3 Å². The van der Waals surface area contributed by atoms with Gasteiger partial charge in [0.25, 0.3) is 0 Å². The molecule has 0 spiro atoms. The molecule has 35 heavy (non-hydrogen) atoms. The Balaban J connectivity index is 0. The van der Waals surface area contributed by atoms with Gasteiger partial charge in [-0.3, -0.25) is 0 Å². The fourth-order valence-electron chi connectivity index (χ4n) is 4.37. The summed E-state index contributed by atoms with van der Waals surface area (Å²) >= 11 is 0. The van der Waals surface area contributed by atoms with Crippen LogP contribution in [0.5, 0.6) is 0 Å². The Labute approximate surface area is 242 Å². The van der Waals surface area contributed by atoms with Crippen LogP contribution < -0.4 is 35.4 Å². The maximum Gasteiger partial charge on any atom is 0.0410 e. The first-order valence-electron chi connectivity index (χ1n) is 12.5. The molecule has 0 bridgehead atoms. The van der Waals surface area contributed by atoms with Crippen molar-refractivity contribution in [1.82, 2.24) is 4.90 Å². The van der Waals surface area contributed by atoms with Gasteiger partial charge in [0.15, 0.2) is 0 Å². The topological polar surface area (TPSA) is 27.3 Å². The number of nitrogens with zero attached hydrogens (tertiary/aromatic N) is 1. The van der Waals surface area contributed by atoms with E-state index in [9.17, 15) is 0 Å². The van der Waals surface area contributed by atoms with E-state index in [2.05, 4.69) is 114 Å². The minimum absolute atomic E-state index is 0. The van der Waals surface area contributed by atoms with Crippen LogP contribution >= 0.6 is 0 Å². The van der Waals surface area contributed by atoms with E-state index in [1.165, 1.54) is 33.6 Å². The molecule has 6 heteroatoms. The average Bonchev–Trinajstić information content (AvgIpc) is 2.73. The van der Waals surface area contributed by atoms with E-state index >= 15 is 0 Å². The maximum absolute atomic E-state index is 3.77. The minimum atomic E-state index is 0. The summed E-state index contributed by atoms with van der Waals surface area (Å²) in [5, 5.41) is 7.54. The van der Waals surface area contributed by atoms with Crippen molar-refractivity contribution in [3.63, 3.8) is 0 Å². The minimum Gasteiger partial charge on any atom is -1.00 e. The zero-order valence-corrected chi connectivity index (χ0v) is 27.4. The molecule has 0 aliphatic carbocycles. The Morgan fingerprint density at radius 2 is 0.829 bits per heavy atom. The molecule has 0 saturated carbocycles. The number of rotatable bonds is 12. The molecule has 0 heterocycles. The van der Waals surface area contributed by atoms with Gasteiger partial charge in [0, 0.05) is 58.0 Å². The summed E-state index contributed by atoms with van der Waals surface area (Å²) in [6.07, 6.45) is 0. The Kier molecular flexibility index (Phi) is 18.4. The third kappa shape index (κ3) is 10.6. The molecule has 0 atom stereocenters. The van der Waals surface area contributed by atoms with E-state index in [1.807, 2.05) is 0 Å². The summed E-state index contributed by atoms with van der Waals surface area (Å²) in [6, 6.07) is 13.5. The van der Waals surface area contributed by atoms with E-state index in [4.69, 9.17) is 0 Å². The van der Waals surface area contributed by atoms with Gasteiger partial charge in [0.05, 0.1) is 0 Å². The van der Waals surface area contributed by atoms with Gasteiger partial charge in [0.1, 0.15) is 0 Å². The van der Waals surface area contributed by atoms with E-state index in [-0.39, 0.29) is 45.2 Å². The van der Waals surface area contributed by atoms with Gasteiger partial charge in [-0.05, 0) is 53.0 Å². The third-order valence-electron chi connectivity index (χ3n) is 6.34. The van der Waals surface area contributed by atoms with Gasteiger partial charge in [-0.2, -0.15) is 0 Å². The Morgan fingerprint density at radius 3 is 1.06 bits per heavy atom. The molecule has 2 aromatic rings. The Morgan fingerprint density at radius 1 is 0.571 bits per heavy atom. The summed E-state index contributed by atoms with van der Waals surface area (Å²) in [6.45, 7) is 22.2. The van der Waals surface area contributed by atoms with Crippen molar-refractivity contribution >= 4 is 11.4 Å². The molecule has 3 nitrogen and oxygen atoms in total. The number of benzene rings is 2. The van der Waals surface area contributed by atoms with Crippen LogP contribution in [0.4, 0.5) is 11.4 Å². The second-order valence-electron chi connectivity index (χ2n) is 10.4. The molecule has 0 aliphatic rings. The van der Waals surface area contributed by atoms with Crippen molar-refractivity contribution in [2.75, 3.05) is 43.9 Å². The molecular weight excluding hydrogens is 647 g/mol. The van der Waals surface area contributed by atoms with Gasteiger partial charge in [-0.15, -0.1) is 0 Å². The smallest absolute Gasteiger partial charge is 0.0410 e. The fourth-order valence-corrected chi connectivity index (χ4v) is 4.37. The van der Waals surface area contributed by atoms with Crippen molar-refractivity contribution in [1.29, 1.82) is 0 Å². The number of hydrogen-bond donors (Lipinski definition) is 2. The van der Waals surface area contributed by atoms with Gasteiger partial charge in [-0.25, -0.2) is 0 Å². The number of hydrogen-bond acceptors (Lipinski definition) is 3. The summed E-state index contributed by atoms with van der Waals surface area (Å²) in [7, 11) is 2.22.